The monoisotopic (exact) mass is 249 g/mol. The van der Waals surface area contributed by atoms with Gasteiger partial charge in [0.05, 0.1) is 0 Å². The van der Waals surface area contributed by atoms with Crippen LogP contribution in [-0.2, 0) is 0 Å². The lowest BCUT2D eigenvalue weighted by Gasteiger charge is -2.12. The number of benzene rings is 2. The summed E-state index contributed by atoms with van der Waals surface area (Å²) >= 11 is 0. The van der Waals surface area contributed by atoms with Crippen molar-refractivity contribution in [3.8, 4) is 16.9 Å². The molecule has 0 unspecified atom stereocenters. The Balaban J connectivity index is 2.43. The zero-order chi connectivity index (χ0) is 13.4. The van der Waals surface area contributed by atoms with Crippen molar-refractivity contribution in [1.29, 1.82) is 0 Å². The molecule has 0 bridgehead atoms. The first kappa shape index (κ1) is 11.7. The standard InChI is InChI=1S/C17H15NO/c1-11-6-3-4-7-13(11)15-10-12(2)17(19)16-14(15)8-5-9-18-16/h3-10,19H,1-2H3. The molecule has 0 aliphatic rings. The maximum atomic E-state index is 10.1. The van der Waals surface area contributed by atoms with Crippen LogP contribution >= 0.6 is 0 Å². The van der Waals surface area contributed by atoms with Crippen LogP contribution in [-0.4, -0.2) is 10.1 Å². The summed E-state index contributed by atoms with van der Waals surface area (Å²) in [5, 5.41) is 11.1. The molecule has 19 heavy (non-hydrogen) atoms. The summed E-state index contributed by atoms with van der Waals surface area (Å²) in [6, 6.07) is 14.2. The zero-order valence-electron chi connectivity index (χ0n) is 11.0. The van der Waals surface area contributed by atoms with Gasteiger partial charge in [-0.15, -0.1) is 0 Å². The summed E-state index contributed by atoms with van der Waals surface area (Å²) in [6.45, 7) is 4.00. The molecule has 0 saturated carbocycles. The highest BCUT2D eigenvalue weighted by Crippen LogP contribution is 2.36. The largest absolute Gasteiger partial charge is 0.505 e. The quantitative estimate of drug-likeness (QED) is 0.700. The molecule has 3 aromatic rings. The number of fused-ring (bicyclic) bond motifs is 1. The zero-order valence-corrected chi connectivity index (χ0v) is 11.0. The lowest BCUT2D eigenvalue weighted by atomic mass is 9.94. The van der Waals surface area contributed by atoms with E-state index in [4.69, 9.17) is 0 Å². The average Bonchev–Trinajstić information content (AvgIpc) is 2.44. The molecule has 0 amide bonds. The van der Waals surface area contributed by atoms with Crippen molar-refractivity contribution in [1.82, 2.24) is 4.98 Å². The van der Waals surface area contributed by atoms with E-state index in [1.54, 1.807) is 6.20 Å². The van der Waals surface area contributed by atoms with Crippen LogP contribution in [0.3, 0.4) is 0 Å². The van der Waals surface area contributed by atoms with Crippen LogP contribution in [0.15, 0.2) is 48.7 Å². The lowest BCUT2D eigenvalue weighted by Crippen LogP contribution is -1.89. The molecule has 94 valence electrons. The first-order valence-electron chi connectivity index (χ1n) is 6.32. The molecule has 0 saturated heterocycles. The van der Waals surface area contributed by atoms with Crippen molar-refractivity contribution in [3.63, 3.8) is 0 Å². The fraction of sp³-hybridized carbons (Fsp3) is 0.118. The van der Waals surface area contributed by atoms with E-state index in [1.165, 1.54) is 11.1 Å². The number of aromatic hydroxyl groups is 1. The molecule has 1 aromatic heterocycles. The van der Waals surface area contributed by atoms with Gasteiger partial charge < -0.3 is 5.11 Å². The molecule has 0 spiro atoms. The molecule has 0 atom stereocenters. The van der Waals surface area contributed by atoms with Gasteiger partial charge in [-0.05, 0) is 48.2 Å². The molecule has 2 nitrogen and oxygen atoms in total. The average molecular weight is 249 g/mol. The van der Waals surface area contributed by atoms with Gasteiger partial charge in [0.2, 0.25) is 0 Å². The van der Waals surface area contributed by atoms with Crippen LogP contribution in [0, 0.1) is 13.8 Å². The SMILES string of the molecule is Cc1ccccc1-c1cc(C)c(O)c2ncccc12. The molecule has 1 heterocycles. The second-order valence-electron chi connectivity index (χ2n) is 4.80. The molecule has 0 aliphatic carbocycles. The van der Waals surface area contributed by atoms with Gasteiger partial charge in [0.15, 0.2) is 0 Å². The molecule has 2 heteroatoms. The fourth-order valence-electron chi connectivity index (χ4n) is 2.46. The van der Waals surface area contributed by atoms with E-state index in [0.717, 1.165) is 16.5 Å². The molecular formula is C17H15NO. The van der Waals surface area contributed by atoms with E-state index < -0.39 is 0 Å². The normalized spacial score (nSPS) is 10.8. The van der Waals surface area contributed by atoms with Crippen LogP contribution in [0.25, 0.3) is 22.0 Å². The third-order valence-corrected chi connectivity index (χ3v) is 3.49. The molecule has 1 N–H and O–H groups in total. The molecule has 0 radical (unpaired) electrons. The van der Waals surface area contributed by atoms with Gasteiger partial charge in [0.1, 0.15) is 11.3 Å². The van der Waals surface area contributed by atoms with E-state index in [-0.39, 0.29) is 5.75 Å². The molecule has 0 aliphatic heterocycles. The van der Waals surface area contributed by atoms with Gasteiger partial charge >= 0.3 is 0 Å². The van der Waals surface area contributed by atoms with Crippen molar-refractivity contribution in [2.45, 2.75) is 13.8 Å². The van der Waals surface area contributed by atoms with Gasteiger partial charge in [-0.2, -0.15) is 0 Å². The Morgan fingerprint density at radius 1 is 0.895 bits per heavy atom. The second-order valence-corrected chi connectivity index (χ2v) is 4.80. The fourth-order valence-corrected chi connectivity index (χ4v) is 2.46. The maximum Gasteiger partial charge on any atom is 0.144 e. The number of phenols is 1. The Labute approximate surface area is 112 Å². The number of nitrogens with zero attached hydrogens (tertiary/aromatic N) is 1. The van der Waals surface area contributed by atoms with E-state index in [9.17, 15) is 5.11 Å². The van der Waals surface area contributed by atoms with Crippen LogP contribution in [0.2, 0.25) is 0 Å². The predicted octanol–water partition coefficient (Wildman–Crippen LogP) is 4.22. The molecule has 0 fully saturated rings. The van der Waals surface area contributed by atoms with Gasteiger partial charge in [-0.3, -0.25) is 4.98 Å². The number of aryl methyl sites for hydroxylation is 2. The third-order valence-electron chi connectivity index (χ3n) is 3.49. The van der Waals surface area contributed by atoms with Crippen molar-refractivity contribution < 1.29 is 5.11 Å². The third kappa shape index (κ3) is 1.85. The molecule has 2 aromatic carbocycles. The van der Waals surface area contributed by atoms with Crippen LogP contribution in [0.1, 0.15) is 11.1 Å². The van der Waals surface area contributed by atoms with E-state index in [0.29, 0.717) is 5.52 Å². The number of hydrogen-bond donors (Lipinski definition) is 1. The van der Waals surface area contributed by atoms with Crippen LogP contribution in [0.5, 0.6) is 5.75 Å². The Kier molecular flexibility index (Phi) is 2.71. The second kappa shape index (κ2) is 4.39. The summed E-state index contributed by atoms with van der Waals surface area (Å²) in [4.78, 5) is 4.31. The predicted molar refractivity (Wildman–Crippen MR) is 78.3 cm³/mol. The Bertz CT molecular complexity index is 762. The van der Waals surface area contributed by atoms with E-state index >= 15 is 0 Å². The lowest BCUT2D eigenvalue weighted by molar-refractivity contribution is 0.476. The highest BCUT2D eigenvalue weighted by molar-refractivity contribution is 5.99. The summed E-state index contributed by atoms with van der Waals surface area (Å²) in [7, 11) is 0. The minimum Gasteiger partial charge on any atom is -0.505 e. The minimum atomic E-state index is 0.271. The summed E-state index contributed by atoms with van der Waals surface area (Å²) in [6.07, 6.45) is 1.71. The Morgan fingerprint density at radius 2 is 1.68 bits per heavy atom. The topological polar surface area (TPSA) is 33.1 Å². The maximum absolute atomic E-state index is 10.1. The van der Waals surface area contributed by atoms with Gasteiger partial charge in [-0.25, -0.2) is 0 Å². The minimum absolute atomic E-state index is 0.271. The summed E-state index contributed by atoms with van der Waals surface area (Å²) in [5.74, 6) is 0.271. The van der Waals surface area contributed by atoms with Crippen molar-refractivity contribution in [2.24, 2.45) is 0 Å². The van der Waals surface area contributed by atoms with Gasteiger partial charge in [-0.1, -0.05) is 30.3 Å². The Morgan fingerprint density at radius 3 is 2.47 bits per heavy atom. The van der Waals surface area contributed by atoms with Crippen molar-refractivity contribution >= 4 is 10.9 Å². The summed E-state index contributed by atoms with van der Waals surface area (Å²) < 4.78 is 0. The number of phenolic OH excluding ortho intramolecular Hbond substituents is 1. The molecule has 3 rings (SSSR count). The first-order valence-corrected chi connectivity index (χ1v) is 6.32. The smallest absolute Gasteiger partial charge is 0.144 e. The van der Waals surface area contributed by atoms with Crippen LogP contribution < -0.4 is 0 Å². The number of aromatic nitrogens is 1. The van der Waals surface area contributed by atoms with Crippen molar-refractivity contribution in [3.05, 3.63) is 59.8 Å². The highest BCUT2D eigenvalue weighted by Gasteiger charge is 2.12. The van der Waals surface area contributed by atoms with Crippen molar-refractivity contribution in [2.75, 3.05) is 0 Å². The number of rotatable bonds is 1. The first-order chi connectivity index (χ1) is 9.18. The Hall–Kier alpha value is -2.35. The highest BCUT2D eigenvalue weighted by atomic mass is 16.3. The number of hydrogen-bond acceptors (Lipinski definition) is 2. The summed E-state index contributed by atoms with van der Waals surface area (Å²) in [5.41, 5.74) is 5.04. The van der Waals surface area contributed by atoms with Gasteiger partial charge in [0.25, 0.3) is 0 Å². The van der Waals surface area contributed by atoms with E-state index in [2.05, 4.69) is 24.0 Å². The number of pyridine rings is 1. The molecular weight excluding hydrogens is 234 g/mol. The van der Waals surface area contributed by atoms with E-state index in [1.807, 2.05) is 37.3 Å². The van der Waals surface area contributed by atoms with Crippen LogP contribution in [0.4, 0.5) is 0 Å². The van der Waals surface area contributed by atoms with Gasteiger partial charge in [0, 0.05) is 11.6 Å².